The molecule has 0 aliphatic rings. The minimum Gasteiger partial charge on any atom is -0.465 e. The molecule has 2 aromatic carbocycles. The van der Waals surface area contributed by atoms with E-state index in [1.54, 1.807) is 36.4 Å². The number of hydrogen-bond acceptors (Lipinski definition) is 4. The monoisotopic (exact) mass is 326 g/mol. The predicted molar refractivity (Wildman–Crippen MR) is 95.7 cm³/mol. The fraction of sp³-hybridized carbons (Fsp3) is 0.263. The SMILES string of the molecule is CCCN(C)c1ccc(C(=O)Nc2ccccc2C(=O)OC)cc1. The minimum absolute atomic E-state index is 0.268. The molecule has 0 aliphatic carbocycles. The Morgan fingerprint density at radius 1 is 1.08 bits per heavy atom. The van der Waals surface area contributed by atoms with Gasteiger partial charge < -0.3 is 15.0 Å². The summed E-state index contributed by atoms with van der Waals surface area (Å²) in [6, 6.07) is 14.1. The summed E-state index contributed by atoms with van der Waals surface area (Å²) in [5.74, 6) is -0.751. The summed E-state index contributed by atoms with van der Waals surface area (Å²) < 4.78 is 4.73. The standard InChI is InChI=1S/C19H22N2O3/c1-4-13-21(2)15-11-9-14(10-12-15)18(22)20-17-8-6-5-7-16(17)19(23)24-3/h5-12H,4,13H2,1-3H3,(H,20,22). The third-order valence-electron chi connectivity index (χ3n) is 3.71. The highest BCUT2D eigenvalue weighted by molar-refractivity contribution is 6.08. The van der Waals surface area contributed by atoms with Crippen molar-refractivity contribution in [1.82, 2.24) is 0 Å². The Morgan fingerprint density at radius 3 is 2.38 bits per heavy atom. The van der Waals surface area contributed by atoms with E-state index in [9.17, 15) is 9.59 Å². The number of methoxy groups -OCH3 is 1. The van der Waals surface area contributed by atoms with Gasteiger partial charge >= 0.3 is 5.97 Å². The molecule has 5 heteroatoms. The minimum atomic E-state index is -0.484. The van der Waals surface area contributed by atoms with Crippen LogP contribution in [0, 0.1) is 0 Å². The third-order valence-corrected chi connectivity index (χ3v) is 3.71. The second-order valence-electron chi connectivity index (χ2n) is 5.46. The van der Waals surface area contributed by atoms with Crippen LogP contribution in [-0.4, -0.2) is 32.6 Å². The molecule has 2 rings (SSSR count). The first kappa shape index (κ1) is 17.5. The molecule has 0 saturated heterocycles. The molecule has 0 radical (unpaired) electrons. The highest BCUT2D eigenvalue weighted by atomic mass is 16.5. The Hall–Kier alpha value is -2.82. The third kappa shape index (κ3) is 4.13. The first-order valence-corrected chi connectivity index (χ1v) is 7.86. The first-order chi connectivity index (χ1) is 11.6. The van der Waals surface area contributed by atoms with Gasteiger partial charge in [-0.1, -0.05) is 19.1 Å². The largest absolute Gasteiger partial charge is 0.465 e. The van der Waals surface area contributed by atoms with E-state index >= 15 is 0 Å². The van der Waals surface area contributed by atoms with E-state index in [0.717, 1.165) is 18.7 Å². The molecule has 0 bridgehead atoms. The zero-order valence-electron chi connectivity index (χ0n) is 14.2. The summed E-state index contributed by atoms with van der Waals surface area (Å²) in [7, 11) is 3.33. The van der Waals surface area contributed by atoms with Crippen LogP contribution in [0.1, 0.15) is 34.1 Å². The predicted octanol–water partition coefficient (Wildman–Crippen LogP) is 3.57. The molecule has 24 heavy (non-hydrogen) atoms. The van der Waals surface area contributed by atoms with Crippen molar-refractivity contribution < 1.29 is 14.3 Å². The van der Waals surface area contributed by atoms with Crippen molar-refractivity contribution >= 4 is 23.3 Å². The quantitative estimate of drug-likeness (QED) is 0.825. The number of esters is 1. The highest BCUT2D eigenvalue weighted by Gasteiger charge is 2.14. The Kier molecular flexibility index (Phi) is 5.95. The van der Waals surface area contributed by atoms with Gasteiger partial charge in [0.05, 0.1) is 18.4 Å². The Labute approximate surface area is 142 Å². The summed E-state index contributed by atoms with van der Waals surface area (Å²) in [5.41, 5.74) is 2.35. The lowest BCUT2D eigenvalue weighted by molar-refractivity contribution is 0.0602. The maximum Gasteiger partial charge on any atom is 0.339 e. The normalized spacial score (nSPS) is 10.1. The molecule has 0 aliphatic heterocycles. The van der Waals surface area contributed by atoms with Crippen LogP contribution in [0.3, 0.4) is 0 Å². The number of carbonyl (C=O) groups excluding carboxylic acids is 2. The maximum absolute atomic E-state index is 12.4. The van der Waals surface area contributed by atoms with Crippen LogP contribution >= 0.6 is 0 Å². The van der Waals surface area contributed by atoms with Crippen LogP contribution in [0.15, 0.2) is 48.5 Å². The van der Waals surface area contributed by atoms with Crippen molar-refractivity contribution in [3.05, 3.63) is 59.7 Å². The number of para-hydroxylation sites is 1. The summed E-state index contributed by atoms with van der Waals surface area (Å²) in [6.45, 7) is 3.08. The Morgan fingerprint density at radius 2 is 1.75 bits per heavy atom. The fourth-order valence-electron chi connectivity index (χ4n) is 2.41. The molecule has 0 heterocycles. The summed E-state index contributed by atoms with van der Waals surface area (Å²) in [4.78, 5) is 26.3. The summed E-state index contributed by atoms with van der Waals surface area (Å²) in [5, 5.41) is 2.76. The number of anilines is 2. The van der Waals surface area contributed by atoms with Gasteiger partial charge in [0, 0.05) is 24.8 Å². The van der Waals surface area contributed by atoms with Crippen LogP contribution < -0.4 is 10.2 Å². The number of ether oxygens (including phenoxy) is 1. The van der Waals surface area contributed by atoms with Crippen LogP contribution in [0.4, 0.5) is 11.4 Å². The van der Waals surface area contributed by atoms with E-state index in [2.05, 4.69) is 17.1 Å². The van der Waals surface area contributed by atoms with E-state index in [-0.39, 0.29) is 5.91 Å². The van der Waals surface area contributed by atoms with Crippen LogP contribution in [0.5, 0.6) is 0 Å². The van der Waals surface area contributed by atoms with Crippen LogP contribution in [0.2, 0.25) is 0 Å². The lowest BCUT2D eigenvalue weighted by Gasteiger charge is -2.18. The molecule has 1 N–H and O–H groups in total. The van der Waals surface area contributed by atoms with E-state index in [1.165, 1.54) is 7.11 Å². The van der Waals surface area contributed by atoms with E-state index in [1.807, 2.05) is 19.2 Å². The average Bonchev–Trinajstić information content (AvgIpc) is 2.62. The maximum atomic E-state index is 12.4. The molecule has 126 valence electrons. The fourth-order valence-corrected chi connectivity index (χ4v) is 2.41. The summed E-state index contributed by atoms with van der Waals surface area (Å²) in [6.07, 6.45) is 1.06. The topological polar surface area (TPSA) is 58.6 Å². The van der Waals surface area contributed by atoms with Gasteiger partial charge in [0.2, 0.25) is 0 Å². The van der Waals surface area contributed by atoms with Crippen molar-refractivity contribution in [3.8, 4) is 0 Å². The van der Waals surface area contributed by atoms with Gasteiger partial charge in [-0.3, -0.25) is 4.79 Å². The van der Waals surface area contributed by atoms with Crippen molar-refractivity contribution in [1.29, 1.82) is 0 Å². The summed E-state index contributed by atoms with van der Waals surface area (Å²) >= 11 is 0. The number of nitrogens with zero attached hydrogens (tertiary/aromatic N) is 1. The van der Waals surface area contributed by atoms with E-state index < -0.39 is 5.97 Å². The number of nitrogens with one attached hydrogen (secondary N) is 1. The molecule has 0 aromatic heterocycles. The first-order valence-electron chi connectivity index (χ1n) is 7.86. The van der Waals surface area contributed by atoms with Gasteiger partial charge in [0.25, 0.3) is 5.91 Å². The van der Waals surface area contributed by atoms with Crippen LogP contribution in [0.25, 0.3) is 0 Å². The smallest absolute Gasteiger partial charge is 0.339 e. The Balaban J connectivity index is 2.15. The molecule has 0 spiro atoms. The molecule has 1 amide bonds. The van der Waals surface area contributed by atoms with Gasteiger partial charge in [-0.2, -0.15) is 0 Å². The molecule has 0 unspecified atom stereocenters. The zero-order chi connectivity index (χ0) is 17.5. The number of benzene rings is 2. The lowest BCUT2D eigenvalue weighted by atomic mass is 10.1. The number of amides is 1. The average molecular weight is 326 g/mol. The molecular formula is C19H22N2O3. The molecular weight excluding hydrogens is 304 g/mol. The lowest BCUT2D eigenvalue weighted by Crippen LogP contribution is -2.18. The number of carbonyl (C=O) groups is 2. The van der Waals surface area contributed by atoms with Gasteiger partial charge in [-0.05, 0) is 42.8 Å². The number of hydrogen-bond donors (Lipinski definition) is 1. The molecule has 0 atom stereocenters. The van der Waals surface area contributed by atoms with E-state index in [4.69, 9.17) is 4.74 Å². The van der Waals surface area contributed by atoms with Gasteiger partial charge in [0.1, 0.15) is 0 Å². The van der Waals surface area contributed by atoms with Crippen molar-refractivity contribution in [2.75, 3.05) is 30.9 Å². The van der Waals surface area contributed by atoms with Crippen molar-refractivity contribution in [2.45, 2.75) is 13.3 Å². The second-order valence-corrected chi connectivity index (χ2v) is 5.46. The molecule has 0 fully saturated rings. The van der Waals surface area contributed by atoms with Crippen molar-refractivity contribution in [2.24, 2.45) is 0 Å². The van der Waals surface area contributed by atoms with E-state index in [0.29, 0.717) is 16.8 Å². The van der Waals surface area contributed by atoms with Gasteiger partial charge in [0.15, 0.2) is 0 Å². The molecule has 5 nitrogen and oxygen atoms in total. The van der Waals surface area contributed by atoms with Crippen molar-refractivity contribution in [3.63, 3.8) is 0 Å². The molecule has 2 aromatic rings. The highest BCUT2D eigenvalue weighted by Crippen LogP contribution is 2.19. The van der Waals surface area contributed by atoms with Crippen LogP contribution in [-0.2, 0) is 4.74 Å². The number of rotatable bonds is 6. The Bertz CT molecular complexity index is 711. The van der Waals surface area contributed by atoms with Gasteiger partial charge in [-0.25, -0.2) is 4.79 Å². The molecule has 0 saturated carbocycles. The zero-order valence-corrected chi connectivity index (χ0v) is 14.2. The van der Waals surface area contributed by atoms with Gasteiger partial charge in [-0.15, -0.1) is 0 Å². The second kappa shape index (κ2) is 8.15.